The lowest BCUT2D eigenvalue weighted by molar-refractivity contribution is 0.349. The van der Waals surface area contributed by atoms with Crippen molar-refractivity contribution in [2.24, 2.45) is 4.99 Å². The van der Waals surface area contributed by atoms with Gasteiger partial charge in [0.25, 0.3) is 0 Å². The highest BCUT2D eigenvalue weighted by Gasteiger charge is 2.33. The molecule has 1 aromatic carbocycles. The van der Waals surface area contributed by atoms with Gasteiger partial charge in [-0.1, -0.05) is 37.6 Å². The Kier molecular flexibility index (Phi) is 6.45. The van der Waals surface area contributed by atoms with Gasteiger partial charge < -0.3 is 0 Å². The molecule has 0 saturated heterocycles. The first-order chi connectivity index (χ1) is 17.8. The average Bonchev–Trinajstić information content (AvgIpc) is 3.65. The summed E-state index contributed by atoms with van der Waals surface area (Å²) in [5, 5.41) is 18.7. The largest absolute Gasteiger partial charge is 0.335 e. The molecule has 0 fully saturated rings. The summed E-state index contributed by atoms with van der Waals surface area (Å²) in [4.78, 5) is 22.8. The fourth-order valence-electron chi connectivity index (χ4n) is 4.76. The number of aromatic amines is 1. The summed E-state index contributed by atoms with van der Waals surface area (Å²) >= 11 is 0. The summed E-state index contributed by atoms with van der Waals surface area (Å²) in [5.74, 6) is 1.11. The van der Waals surface area contributed by atoms with Crippen molar-refractivity contribution in [2.45, 2.75) is 70.9 Å². The van der Waals surface area contributed by atoms with E-state index in [1.165, 1.54) is 6.33 Å². The van der Waals surface area contributed by atoms with Crippen LogP contribution < -0.4 is 5.69 Å². The summed E-state index contributed by atoms with van der Waals surface area (Å²) in [5.41, 5.74) is 1.99. The Morgan fingerprint density at radius 2 is 2.08 bits per heavy atom. The molecule has 1 aliphatic rings. The van der Waals surface area contributed by atoms with Crippen LogP contribution in [0.2, 0.25) is 0 Å². The molecule has 1 unspecified atom stereocenters. The Morgan fingerprint density at radius 3 is 2.78 bits per heavy atom. The van der Waals surface area contributed by atoms with Crippen molar-refractivity contribution in [3.05, 3.63) is 70.8 Å². The number of hydrogen-bond acceptors (Lipinski definition) is 7. The van der Waals surface area contributed by atoms with E-state index in [0.717, 1.165) is 36.1 Å². The number of imidazole rings is 1. The highest BCUT2D eigenvalue weighted by atomic mass is 16.2. The molecule has 11 heteroatoms. The van der Waals surface area contributed by atoms with Crippen LogP contribution in [0.1, 0.15) is 58.2 Å². The van der Waals surface area contributed by atoms with Crippen molar-refractivity contribution in [3.63, 3.8) is 0 Å². The number of unbranched alkanes of at least 4 members (excludes halogenated alkanes) is 1. The number of benzene rings is 1. The second-order valence-corrected chi connectivity index (χ2v) is 10.4. The van der Waals surface area contributed by atoms with Crippen LogP contribution in [-0.2, 0) is 23.9 Å². The number of tetrazole rings is 1. The molecule has 1 atom stereocenters. The molecule has 4 heterocycles. The molecule has 0 saturated carbocycles. The Labute approximate surface area is 215 Å². The maximum absolute atomic E-state index is 14.0. The summed E-state index contributed by atoms with van der Waals surface area (Å²) < 4.78 is 5.32. The normalized spacial score (nSPS) is 17.5. The topological polar surface area (TPSA) is 124 Å². The Balaban J connectivity index is 1.62. The number of rotatable bonds is 8. The standard InChI is InChI=1S/C26H32N10O/c1-5-6-10-21-16-34(23-28-18-29-36(23)25(2,3)4)24(37)35(21)17-26(11-13-27-14-12-26)20-9-7-8-19(15-20)22-30-32-33-31-22/h7-9,11,13-16,18H,5-6,10,12,17H2,1-4H3,(H,30,31,32,33). The molecule has 11 nitrogen and oxygen atoms in total. The highest BCUT2D eigenvalue weighted by molar-refractivity contribution is 5.65. The van der Waals surface area contributed by atoms with Crippen LogP contribution in [0.3, 0.4) is 0 Å². The molecule has 5 rings (SSSR count). The molecule has 192 valence electrons. The molecule has 0 bridgehead atoms. The van der Waals surface area contributed by atoms with Crippen LogP contribution in [-0.4, -0.2) is 50.7 Å². The quantitative estimate of drug-likeness (QED) is 0.395. The smallest absolute Gasteiger partial charge is 0.295 e. The van der Waals surface area contributed by atoms with E-state index in [1.807, 2.05) is 56.1 Å². The number of aryl methyl sites for hydroxylation is 1. The predicted octanol–water partition coefficient (Wildman–Crippen LogP) is 3.43. The van der Waals surface area contributed by atoms with E-state index in [-0.39, 0.29) is 11.2 Å². The van der Waals surface area contributed by atoms with Gasteiger partial charge in [-0.15, -0.1) is 5.10 Å². The molecule has 3 aromatic heterocycles. The van der Waals surface area contributed by atoms with Gasteiger partial charge in [-0.25, -0.2) is 19.1 Å². The van der Waals surface area contributed by atoms with Crippen molar-refractivity contribution < 1.29 is 0 Å². The molecule has 0 amide bonds. The Morgan fingerprint density at radius 1 is 1.22 bits per heavy atom. The second kappa shape index (κ2) is 9.72. The first-order valence-electron chi connectivity index (χ1n) is 12.6. The monoisotopic (exact) mass is 500 g/mol. The third-order valence-electron chi connectivity index (χ3n) is 6.77. The number of allylic oxidation sites excluding steroid dienone is 1. The summed E-state index contributed by atoms with van der Waals surface area (Å²) in [6.07, 6.45) is 12.7. The number of aromatic nitrogens is 9. The molecule has 1 N–H and O–H groups in total. The maximum atomic E-state index is 14.0. The van der Waals surface area contributed by atoms with E-state index in [0.29, 0.717) is 24.7 Å². The number of nitrogens with one attached hydrogen (secondary N) is 1. The molecule has 4 aromatic rings. The Bertz CT molecular complexity index is 1480. The number of aliphatic imine (C=N–C) groups is 1. The van der Waals surface area contributed by atoms with E-state index in [1.54, 1.807) is 9.25 Å². The van der Waals surface area contributed by atoms with Crippen LogP contribution in [0.15, 0.2) is 58.9 Å². The fraction of sp³-hybridized carbons (Fsp3) is 0.423. The van der Waals surface area contributed by atoms with E-state index >= 15 is 0 Å². The third kappa shape index (κ3) is 4.68. The lowest BCUT2D eigenvalue weighted by Crippen LogP contribution is -2.37. The molecule has 0 radical (unpaired) electrons. The van der Waals surface area contributed by atoms with Gasteiger partial charge in [0.1, 0.15) is 6.33 Å². The van der Waals surface area contributed by atoms with Crippen molar-refractivity contribution in [1.29, 1.82) is 0 Å². The van der Waals surface area contributed by atoms with Gasteiger partial charge in [-0.05, 0) is 62.1 Å². The molecular weight excluding hydrogens is 468 g/mol. The van der Waals surface area contributed by atoms with Crippen LogP contribution >= 0.6 is 0 Å². The molecule has 37 heavy (non-hydrogen) atoms. The van der Waals surface area contributed by atoms with Crippen LogP contribution in [0, 0.1) is 0 Å². The lowest BCUT2D eigenvalue weighted by Gasteiger charge is -2.32. The number of hydrogen-bond donors (Lipinski definition) is 1. The summed E-state index contributed by atoms with van der Waals surface area (Å²) in [6, 6.07) is 8.12. The second-order valence-electron chi connectivity index (χ2n) is 10.4. The molecule has 0 spiro atoms. The van der Waals surface area contributed by atoms with Crippen molar-refractivity contribution >= 4 is 6.21 Å². The first-order valence-corrected chi connectivity index (χ1v) is 12.6. The molecular formula is C26H32N10O. The molecule has 1 aliphatic heterocycles. The minimum Gasteiger partial charge on any atom is -0.295 e. The first kappa shape index (κ1) is 24.5. The SMILES string of the molecule is CCCCc1cn(-c2ncnn2C(C)(C)C)c(=O)n1CC1(c2cccc(-c3nnn[nH]3)c2)C=CN=CC1. The number of H-pyrrole nitrogens is 1. The zero-order valence-electron chi connectivity index (χ0n) is 21.7. The van der Waals surface area contributed by atoms with Crippen molar-refractivity contribution in [2.75, 3.05) is 0 Å². The molecule has 0 aliphatic carbocycles. The zero-order valence-corrected chi connectivity index (χ0v) is 21.7. The van der Waals surface area contributed by atoms with Gasteiger partial charge >= 0.3 is 5.69 Å². The average molecular weight is 501 g/mol. The summed E-state index contributed by atoms with van der Waals surface area (Å²) in [6.45, 7) is 8.75. The van der Waals surface area contributed by atoms with Crippen molar-refractivity contribution in [3.8, 4) is 17.3 Å². The van der Waals surface area contributed by atoms with Gasteiger partial charge in [0, 0.05) is 41.8 Å². The van der Waals surface area contributed by atoms with Gasteiger partial charge in [0.15, 0.2) is 5.82 Å². The van der Waals surface area contributed by atoms with Gasteiger partial charge in [-0.2, -0.15) is 10.1 Å². The maximum Gasteiger partial charge on any atom is 0.335 e. The van der Waals surface area contributed by atoms with E-state index in [4.69, 9.17) is 0 Å². The van der Waals surface area contributed by atoms with Crippen LogP contribution in [0.4, 0.5) is 0 Å². The summed E-state index contributed by atoms with van der Waals surface area (Å²) in [7, 11) is 0. The van der Waals surface area contributed by atoms with E-state index < -0.39 is 5.41 Å². The van der Waals surface area contributed by atoms with Gasteiger partial charge in [-0.3, -0.25) is 9.56 Å². The zero-order chi connectivity index (χ0) is 26.0. The van der Waals surface area contributed by atoms with Gasteiger partial charge in [0.2, 0.25) is 5.95 Å². The fourth-order valence-corrected chi connectivity index (χ4v) is 4.76. The highest BCUT2D eigenvalue weighted by Crippen LogP contribution is 2.35. The number of nitrogens with zero attached hydrogens (tertiary/aromatic N) is 9. The minimum atomic E-state index is -0.472. The van der Waals surface area contributed by atoms with Crippen LogP contribution in [0.25, 0.3) is 17.3 Å². The third-order valence-corrected chi connectivity index (χ3v) is 6.77. The van der Waals surface area contributed by atoms with E-state index in [9.17, 15) is 4.79 Å². The van der Waals surface area contributed by atoms with Gasteiger partial charge in [0.05, 0.1) is 5.54 Å². The van der Waals surface area contributed by atoms with Crippen LogP contribution in [0.5, 0.6) is 0 Å². The van der Waals surface area contributed by atoms with Crippen molar-refractivity contribution in [1.82, 2.24) is 44.5 Å². The predicted molar refractivity (Wildman–Crippen MR) is 141 cm³/mol. The van der Waals surface area contributed by atoms with E-state index in [2.05, 4.69) is 60.8 Å². The lowest BCUT2D eigenvalue weighted by atomic mass is 9.76. The minimum absolute atomic E-state index is 0.129. The Hall–Kier alpha value is -4.15.